The number of ketones is 1. The van der Waals surface area contributed by atoms with Crippen molar-refractivity contribution in [3.05, 3.63) is 77.4 Å². The van der Waals surface area contributed by atoms with Gasteiger partial charge >= 0.3 is 6.03 Å². The molecule has 0 aliphatic heterocycles. The predicted octanol–water partition coefficient (Wildman–Crippen LogP) is 3.90. The molecule has 3 rings (SSSR count). The van der Waals surface area contributed by atoms with E-state index in [1.807, 2.05) is 67.6 Å². The quantitative estimate of drug-likeness (QED) is 0.432. The first-order valence-electron chi connectivity index (χ1n) is 9.52. The smallest absolute Gasteiger partial charge is 0.314 e. The number of hydrogen-bond donors (Lipinski definition) is 3. The fourth-order valence-electron chi connectivity index (χ4n) is 3.16. The molecule has 0 aliphatic carbocycles. The normalized spacial score (nSPS) is 10.6. The van der Waals surface area contributed by atoms with E-state index >= 15 is 0 Å². The highest BCUT2D eigenvalue weighted by Gasteiger charge is 2.13. The van der Waals surface area contributed by atoms with Gasteiger partial charge in [-0.2, -0.15) is 0 Å². The summed E-state index contributed by atoms with van der Waals surface area (Å²) in [5.74, 6) is -0.0192. The lowest BCUT2D eigenvalue weighted by Gasteiger charge is -2.12. The molecular weight excluding hydrogens is 350 g/mol. The molecule has 3 aromatic carbocycles. The number of carbonyl (C=O) groups is 2. The summed E-state index contributed by atoms with van der Waals surface area (Å²) in [6.45, 7) is 3.13. The van der Waals surface area contributed by atoms with Gasteiger partial charge in [0, 0.05) is 29.9 Å². The van der Waals surface area contributed by atoms with Crippen molar-refractivity contribution in [2.45, 2.75) is 19.8 Å². The molecule has 0 heterocycles. The van der Waals surface area contributed by atoms with Crippen molar-refractivity contribution in [2.24, 2.45) is 0 Å². The lowest BCUT2D eigenvalue weighted by atomic mass is 9.94. The maximum atomic E-state index is 12.9. The van der Waals surface area contributed by atoms with Crippen LogP contribution in [0.4, 0.5) is 10.5 Å². The highest BCUT2D eigenvalue weighted by atomic mass is 16.2. The molecule has 0 saturated heterocycles. The first-order valence-corrected chi connectivity index (χ1v) is 9.52. The fraction of sp³-hybridized carbons (Fsp3) is 0.217. The molecule has 0 saturated carbocycles. The number of amides is 2. The van der Waals surface area contributed by atoms with E-state index in [1.54, 1.807) is 0 Å². The van der Waals surface area contributed by atoms with Crippen LogP contribution in [0.25, 0.3) is 10.8 Å². The van der Waals surface area contributed by atoms with Gasteiger partial charge in [0.25, 0.3) is 0 Å². The van der Waals surface area contributed by atoms with E-state index < -0.39 is 0 Å². The van der Waals surface area contributed by atoms with Crippen LogP contribution in [0.5, 0.6) is 0 Å². The number of urea groups is 1. The summed E-state index contributed by atoms with van der Waals surface area (Å²) in [5.41, 5.74) is 8.91. The Morgan fingerprint density at radius 3 is 2.39 bits per heavy atom. The van der Waals surface area contributed by atoms with Crippen molar-refractivity contribution < 1.29 is 9.59 Å². The Kier molecular flexibility index (Phi) is 6.27. The minimum Gasteiger partial charge on any atom is -0.399 e. The summed E-state index contributed by atoms with van der Waals surface area (Å²) in [7, 11) is 0. The molecule has 0 bridgehead atoms. The molecule has 0 spiro atoms. The molecule has 0 unspecified atom stereocenters. The van der Waals surface area contributed by atoms with E-state index in [1.165, 1.54) is 0 Å². The van der Waals surface area contributed by atoms with E-state index in [2.05, 4.69) is 10.6 Å². The third-order valence-electron chi connectivity index (χ3n) is 4.58. The molecular formula is C23H25N3O2. The summed E-state index contributed by atoms with van der Waals surface area (Å²) in [6, 6.07) is 18.5. The average Bonchev–Trinajstić information content (AvgIpc) is 2.72. The molecule has 0 radical (unpaired) electrons. The Labute approximate surface area is 164 Å². The van der Waals surface area contributed by atoms with Crippen LogP contribution in [-0.2, 0) is 6.42 Å². The molecule has 0 fully saturated rings. The van der Waals surface area contributed by atoms with Crippen LogP contribution >= 0.6 is 0 Å². The van der Waals surface area contributed by atoms with Gasteiger partial charge in [0.15, 0.2) is 5.78 Å². The first-order chi connectivity index (χ1) is 13.6. The number of nitrogens with two attached hydrogens (primary N) is 1. The van der Waals surface area contributed by atoms with Gasteiger partial charge in [-0.15, -0.1) is 0 Å². The molecule has 0 aromatic heterocycles. The second kappa shape index (κ2) is 9.04. The number of rotatable bonds is 7. The first kappa shape index (κ1) is 19.4. The molecule has 5 heteroatoms. The van der Waals surface area contributed by atoms with E-state index in [0.717, 1.165) is 22.8 Å². The lowest BCUT2D eigenvalue weighted by molar-refractivity contribution is 0.103. The van der Waals surface area contributed by atoms with Crippen molar-refractivity contribution in [1.82, 2.24) is 10.6 Å². The molecule has 4 N–H and O–H groups in total. The van der Waals surface area contributed by atoms with Gasteiger partial charge in [-0.25, -0.2) is 4.79 Å². The van der Waals surface area contributed by atoms with E-state index in [-0.39, 0.29) is 11.8 Å². The second-order valence-corrected chi connectivity index (χ2v) is 6.74. The van der Waals surface area contributed by atoms with Crippen LogP contribution in [0.3, 0.4) is 0 Å². The van der Waals surface area contributed by atoms with Crippen molar-refractivity contribution in [3.63, 3.8) is 0 Å². The van der Waals surface area contributed by atoms with Crippen LogP contribution in [-0.4, -0.2) is 24.9 Å². The summed E-state index contributed by atoms with van der Waals surface area (Å²) in [4.78, 5) is 24.7. The average molecular weight is 375 g/mol. The predicted molar refractivity (Wildman–Crippen MR) is 114 cm³/mol. The van der Waals surface area contributed by atoms with E-state index in [0.29, 0.717) is 36.3 Å². The minimum atomic E-state index is -0.179. The topological polar surface area (TPSA) is 84.2 Å². The van der Waals surface area contributed by atoms with Crippen LogP contribution < -0.4 is 16.4 Å². The third-order valence-corrected chi connectivity index (χ3v) is 4.58. The summed E-state index contributed by atoms with van der Waals surface area (Å²) < 4.78 is 0. The highest BCUT2D eigenvalue weighted by molar-refractivity contribution is 6.11. The Morgan fingerprint density at radius 2 is 1.64 bits per heavy atom. The molecule has 144 valence electrons. The van der Waals surface area contributed by atoms with Crippen molar-refractivity contribution in [3.8, 4) is 0 Å². The minimum absolute atomic E-state index is 0.0192. The maximum absolute atomic E-state index is 12.9. The number of anilines is 1. The molecule has 28 heavy (non-hydrogen) atoms. The SMILES string of the molecule is CCCNC(=O)NCCc1cc(C(=O)c2ccccc2)cc2ccc(N)cc12. The van der Waals surface area contributed by atoms with Crippen molar-refractivity contribution in [2.75, 3.05) is 18.8 Å². The number of benzene rings is 3. The monoisotopic (exact) mass is 375 g/mol. The zero-order valence-corrected chi connectivity index (χ0v) is 16.0. The number of nitrogen functional groups attached to an aromatic ring is 1. The summed E-state index contributed by atoms with van der Waals surface area (Å²) >= 11 is 0. The van der Waals surface area contributed by atoms with Gasteiger partial charge in [-0.1, -0.05) is 43.3 Å². The van der Waals surface area contributed by atoms with Gasteiger partial charge in [0.1, 0.15) is 0 Å². The number of nitrogens with one attached hydrogen (secondary N) is 2. The van der Waals surface area contributed by atoms with Gasteiger partial charge in [0.2, 0.25) is 0 Å². The molecule has 0 aliphatic rings. The Balaban J connectivity index is 1.87. The number of fused-ring (bicyclic) bond motifs is 1. The largest absolute Gasteiger partial charge is 0.399 e. The zero-order chi connectivity index (χ0) is 19.9. The number of hydrogen-bond acceptors (Lipinski definition) is 3. The van der Waals surface area contributed by atoms with Crippen molar-refractivity contribution >= 4 is 28.3 Å². The zero-order valence-electron chi connectivity index (χ0n) is 16.0. The fourth-order valence-corrected chi connectivity index (χ4v) is 3.16. The molecule has 3 aromatic rings. The van der Waals surface area contributed by atoms with E-state index in [9.17, 15) is 9.59 Å². The van der Waals surface area contributed by atoms with Crippen molar-refractivity contribution in [1.29, 1.82) is 0 Å². The summed E-state index contributed by atoms with van der Waals surface area (Å²) in [5, 5.41) is 7.61. The molecule has 5 nitrogen and oxygen atoms in total. The van der Waals surface area contributed by atoms with Gasteiger partial charge < -0.3 is 16.4 Å². The Bertz CT molecular complexity index is 984. The standard InChI is InChI=1S/C23H25N3O2/c1-2-11-25-23(28)26-12-10-18-14-19(22(27)16-6-4-3-5-7-16)13-17-8-9-20(24)15-21(17)18/h3-9,13-15H,2,10-12,24H2,1H3,(H2,25,26,28). The van der Waals surface area contributed by atoms with Gasteiger partial charge in [-0.3, -0.25) is 4.79 Å². The number of carbonyl (C=O) groups excluding carboxylic acids is 2. The van der Waals surface area contributed by atoms with Crippen LogP contribution in [0.15, 0.2) is 60.7 Å². The molecule has 0 atom stereocenters. The third kappa shape index (κ3) is 4.68. The second-order valence-electron chi connectivity index (χ2n) is 6.74. The van der Waals surface area contributed by atoms with Crippen LogP contribution in [0.1, 0.15) is 34.8 Å². The van der Waals surface area contributed by atoms with E-state index in [4.69, 9.17) is 5.73 Å². The summed E-state index contributed by atoms with van der Waals surface area (Å²) in [6.07, 6.45) is 1.50. The van der Waals surface area contributed by atoms with Crippen LogP contribution in [0.2, 0.25) is 0 Å². The Morgan fingerprint density at radius 1 is 0.893 bits per heavy atom. The Hall–Kier alpha value is -3.34. The van der Waals surface area contributed by atoms with Crippen LogP contribution in [0, 0.1) is 0 Å². The maximum Gasteiger partial charge on any atom is 0.314 e. The lowest BCUT2D eigenvalue weighted by Crippen LogP contribution is -2.36. The highest BCUT2D eigenvalue weighted by Crippen LogP contribution is 2.25. The van der Waals surface area contributed by atoms with Gasteiger partial charge in [0.05, 0.1) is 0 Å². The molecule has 2 amide bonds. The van der Waals surface area contributed by atoms with Gasteiger partial charge in [-0.05, 0) is 53.4 Å².